The topological polar surface area (TPSA) is 138 Å². The van der Waals surface area contributed by atoms with Gasteiger partial charge in [0.1, 0.15) is 24.8 Å². The molecule has 0 saturated carbocycles. The summed E-state index contributed by atoms with van der Waals surface area (Å²) in [6, 6.07) is 32.7. The maximum absolute atomic E-state index is 12.3. The first-order valence-corrected chi connectivity index (χ1v) is 18.8. The summed E-state index contributed by atoms with van der Waals surface area (Å²) < 4.78 is 10.5. The number of aryl methyl sites for hydroxylation is 1. The van der Waals surface area contributed by atoms with Crippen molar-refractivity contribution in [3.8, 4) is 17.1 Å². The molecular weight excluding hydrogens is 716 g/mol. The minimum Gasteiger partial charge on any atom is -0.507 e. The van der Waals surface area contributed by atoms with Crippen molar-refractivity contribution in [2.45, 2.75) is 45.8 Å². The van der Waals surface area contributed by atoms with E-state index in [9.17, 15) is 14.7 Å². The van der Waals surface area contributed by atoms with Gasteiger partial charge in [-0.3, -0.25) is 0 Å². The molecule has 2 unspecified atom stereocenters. The molecule has 2 atom stereocenters. The van der Waals surface area contributed by atoms with Gasteiger partial charge in [0.15, 0.2) is 5.82 Å². The van der Waals surface area contributed by atoms with Crippen molar-refractivity contribution in [1.29, 1.82) is 0 Å². The van der Waals surface area contributed by atoms with Crippen LogP contribution in [0.5, 0.6) is 5.75 Å². The largest absolute Gasteiger partial charge is 0.507 e. The summed E-state index contributed by atoms with van der Waals surface area (Å²) in [7, 11) is 0. The summed E-state index contributed by atoms with van der Waals surface area (Å²) in [5, 5.41) is 20.5. The monoisotopic (exact) mass is 766 g/mol. The second-order valence-corrected chi connectivity index (χ2v) is 14.0. The van der Waals surface area contributed by atoms with Crippen molar-refractivity contribution in [1.82, 2.24) is 25.9 Å². The lowest BCUT2D eigenvalue weighted by Crippen LogP contribution is -2.41. The summed E-state index contributed by atoms with van der Waals surface area (Å²) in [6.45, 7) is 7.57. The normalized spacial score (nSPS) is 16.5. The van der Waals surface area contributed by atoms with Gasteiger partial charge in [0.25, 0.3) is 0 Å². The molecule has 7 rings (SSSR count). The SMILES string of the molecule is Cc1ccc2c(N3CCCC(CNC(=O)OCc4ccccc4)C3)nc(-c3ccccc3O)nc2c1.Cl.O=C(NCC1CCCNC1)OCc1ccccc1. The Hall–Kier alpha value is -5.39. The number of nitrogens with one attached hydrogen (secondary N) is 3. The molecule has 12 heteroatoms. The van der Waals surface area contributed by atoms with Gasteiger partial charge in [0.05, 0.1) is 11.1 Å². The molecule has 0 radical (unpaired) electrons. The molecule has 2 amide bonds. The van der Waals surface area contributed by atoms with E-state index in [2.05, 4.69) is 39.0 Å². The molecule has 11 nitrogen and oxygen atoms in total. The highest BCUT2D eigenvalue weighted by Crippen LogP contribution is 2.33. The van der Waals surface area contributed by atoms with E-state index in [0.29, 0.717) is 37.0 Å². The number of anilines is 1. The molecule has 2 aliphatic rings. The van der Waals surface area contributed by atoms with E-state index >= 15 is 0 Å². The Morgan fingerprint density at radius 1 is 0.800 bits per heavy atom. The van der Waals surface area contributed by atoms with Gasteiger partial charge in [0.2, 0.25) is 0 Å². The lowest BCUT2D eigenvalue weighted by molar-refractivity contribution is 0.136. The molecule has 0 bridgehead atoms. The van der Waals surface area contributed by atoms with Gasteiger partial charge < -0.3 is 35.4 Å². The smallest absolute Gasteiger partial charge is 0.407 e. The zero-order valence-corrected chi connectivity index (χ0v) is 32.1. The number of hydrogen-bond acceptors (Lipinski definition) is 9. The van der Waals surface area contributed by atoms with Crippen LogP contribution in [0.2, 0.25) is 0 Å². The first kappa shape index (κ1) is 40.8. The number of ether oxygens (including phenoxy) is 2. The van der Waals surface area contributed by atoms with Crippen LogP contribution in [0.1, 0.15) is 42.4 Å². The van der Waals surface area contributed by atoms with Crippen molar-refractivity contribution < 1.29 is 24.2 Å². The molecule has 290 valence electrons. The number of benzene rings is 4. The lowest BCUT2D eigenvalue weighted by atomic mass is 9.97. The van der Waals surface area contributed by atoms with Crippen molar-refractivity contribution in [3.05, 3.63) is 120 Å². The first-order valence-electron chi connectivity index (χ1n) is 18.8. The second-order valence-electron chi connectivity index (χ2n) is 14.0. The molecule has 2 fully saturated rings. The molecule has 5 aromatic rings. The Labute approximate surface area is 329 Å². The third-order valence-electron chi connectivity index (χ3n) is 9.69. The maximum Gasteiger partial charge on any atom is 0.407 e. The van der Waals surface area contributed by atoms with Crippen molar-refractivity contribution in [2.75, 3.05) is 44.2 Å². The molecule has 4 N–H and O–H groups in total. The third kappa shape index (κ3) is 12.3. The molecular formula is C43H51ClN6O5. The van der Waals surface area contributed by atoms with Gasteiger partial charge in [-0.15, -0.1) is 12.4 Å². The number of phenols is 1. The number of carbonyl (C=O) groups is 2. The molecule has 2 aliphatic heterocycles. The number of phenolic OH excluding ortho intramolecular Hbond substituents is 1. The zero-order valence-electron chi connectivity index (χ0n) is 31.3. The quantitative estimate of drug-likeness (QED) is 0.112. The zero-order chi connectivity index (χ0) is 37.5. The van der Waals surface area contributed by atoms with Crippen molar-refractivity contribution in [3.63, 3.8) is 0 Å². The molecule has 4 aromatic carbocycles. The Morgan fingerprint density at radius 2 is 1.42 bits per heavy atom. The second kappa shape index (κ2) is 20.9. The minimum absolute atomic E-state index is 0. The van der Waals surface area contributed by atoms with E-state index < -0.39 is 6.09 Å². The number of aromatic nitrogens is 2. The summed E-state index contributed by atoms with van der Waals surface area (Å²) >= 11 is 0. The van der Waals surface area contributed by atoms with E-state index in [0.717, 1.165) is 72.4 Å². The van der Waals surface area contributed by atoms with Crippen LogP contribution < -0.4 is 20.9 Å². The van der Waals surface area contributed by atoms with Gasteiger partial charge in [-0.2, -0.15) is 0 Å². The predicted octanol–water partition coefficient (Wildman–Crippen LogP) is 7.79. The number of aromatic hydroxyl groups is 1. The predicted molar refractivity (Wildman–Crippen MR) is 218 cm³/mol. The van der Waals surface area contributed by atoms with E-state index in [-0.39, 0.29) is 36.8 Å². The number of amides is 2. The number of rotatable bonds is 10. The first-order chi connectivity index (χ1) is 26.4. The highest BCUT2D eigenvalue weighted by atomic mass is 35.5. The van der Waals surface area contributed by atoms with Crippen LogP contribution in [0.15, 0.2) is 103 Å². The van der Waals surface area contributed by atoms with Gasteiger partial charge >= 0.3 is 12.2 Å². The fourth-order valence-electron chi connectivity index (χ4n) is 6.77. The number of para-hydroxylation sites is 1. The summed E-state index contributed by atoms with van der Waals surface area (Å²) in [6.07, 6.45) is 3.64. The van der Waals surface area contributed by atoms with Crippen molar-refractivity contribution >= 4 is 41.3 Å². The number of piperidine rings is 2. The number of fused-ring (bicyclic) bond motifs is 1. The highest BCUT2D eigenvalue weighted by molar-refractivity contribution is 5.92. The summed E-state index contributed by atoms with van der Waals surface area (Å²) in [5.74, 6) is 2.32. The molecule has 3 heterocycles. The summed E-state index contributed by atoms with van der Waals surface area (Å²) in [5.41, 5.74) is 4.54. The molecule has 0 spiro atoms. The Morgan fingerprint density at radius 3 is 2.05 bits per heavy atom. The standard InChI is InChI=1S/C29H30N4O3.C14H20N2O2.ClH/c1-20-13-14-23-25(16-20)31-27(24-11-5-6-12-26(24)34)32-28(23)33-15-7-10-22(18-33)17-30-29(35)36-19-21-8-3-2-4-9-21;17-14(16-10-13-7-4-8-15-9-13)18-11-12-5-2-1-3-6-12;/h2-6,8-9,11-14,16,22,34H,7,10,15,17-19H2,1H3,(H,30,35);1-3,5-6,13,15H,4,7-11H2,(H,16,17);1H. The third-order valence-corrected chi connectivity index (χ3v) is 9.69. The van der Waals surface area contributed by atoms with Crippen LogP contribution in [0.25, 0.3) is 22.3 Å². The summed E-state index contributed by atoms with van der Waals surface area (Å²) in [4.78, 5) is 35.7. The average molecular weight is 767 g/mol. The Kier molecular flexibility index (Phi) is 15.5. The van der Waals surface area contributed by atoms with Gasteiger partial charge in [-0.05, 0) is 98.5 Å². The Bertz CT molecular complexity index is 1960. The van der Waals surface area contributed by atoms with Crippen molar-refractivity contribution in [2.24, 2.45) is 11.8 Å². The van der Waals surface area contributed by atoms with E-state index in [1.807, 2.05) is 79.7 Å². The van der Waals surface area contributed by atoms with Gasteiger partial charge in [0, 0.05) is 31.6 Å². The van der Waals surface area contributed by atoms with Crippen LogP contribution in [0, 0.1) is 18.8 Å². The molecule has 1 aromatic heterocycles. The van der Waals surface area contributed by atoms with Crippen LogP contribution in [-0.2, 0) is 22.7 Å². The Balaban J connectivity index is 0.000000258. The fraction of sp³-hybridized carbons (Fsp3) is 0.349. The number of hydrogen-bond donors (Lipinski definition) is 4. The number of halogens is 1. The van der Waals surface area contributed by atoms with Crippen LogP contribution >= 0.6 is 12.4 Å². The molecule has 2 saturated heterocycles. The molecule has 55 heavy (non-hydrogen) atoms. The maximum atomic E-state index is 12.3. The van der Waals surface area contributed by atoms with E-state index in [4.69, 9.17) is 19.4 Å². The van der Waals surface area contributed by atoms with Crippen LogP contribution in [0.4, 0.5) is 15.4 Å². The van der Waals surface area contributed by atoms with Gasteiger partial charge in [-0.1, -0.05) is 78.9 Å². The number of alkyl carbamates (subject to hydrolysis) is 2. The lowest BCUT2D eigenvalue weighted by Gasteiger charge is -2.34. The highest BCUT2D eigenvalue weighted by Gasteiger charge is 2.25. The average Bonchev–Trinajstić information content (AvgIpc) is 3.22. The van der Waals surface area contributed by atoms with Crippen LogP contribution in [-0.4, -0.2) is 66.5 Å². The number of nitrogens with zero attached hydrogens (tertiary/aromatic N) is 3. The minimum atomic E-state index is -0.402. The fourth-order valence-corrected chi connectivity index (χ4v) is 6.77. The van der Waals surface area contributed by atoms with E-state index in [1.54, 1.807) is 12.1 Å². The van der Waals surface area contributed by atoms with Gasteiger partial charge in [-0.25, -0.2) is 19.6 Å². The number of carbonyl (C=O) groups excluding carboxylic acids is 2. The van der Waals surface area contributed by atoms with E-state index in [1.165, 1.54) is 12.8 Å². The molecule has 0 aliphatic carbocycles. The van der Waals surface area contributed by atoms with Crippen LogP contribution in [0.3, 0.4) is 0 Å².